The number of fused-ring (bicyclic) bond motifs is 1. The molecular formula is C14H22N2O. The van der Waals surface area contributed by atoms with Crippen molar-refractivity contribution in [3.05, 3.63) is 17.2 Å². The normalized spacial score (nSPS) is 33.4. The Kier molecular flexibility index (Phi) is 2.95. The van der Waals surface area contributed by atoms with Gasteiger partial charge in [-0.3, -0.25) is 0 Å². The van der Waals surface area contributed by atoms with Gasteiger partial charge >= 0.3 is 0 Å². The molecule has 3 atom stereocenters. The number of rotatable bonds is 1. The lowest BCUT2D eigenvalue weighted by atomic mass is 9.84. The van der Waals surface area contributed by atoms with Gasteiger partial charge in [0.2, 0.25) is 0 Å². The minimum Gasteiger partial charge on any atom is -0.370 e. The standard InChI is InChI=1S/C14H22N2O/c1-9-7-10(2)13-11(8-9)15-14(16-13)12-5-3-4-6-17-12/h9-10,12H,3-8H2,1-2H3,(H,15,16). The zero-order valence-corrected chi connectivity index (χ0v) is 10.8. The number of hydrogen-bond acceptors (Lipinski definition) is 2. The van der Waals surface area contributed by atoms with Crippen molar-refractivity contribution < 1.29 is 4.74 Å². The van der Waals surface area contributed by atoms with Crippen LogP contribution in [0.3, 0.4) is 0 Å². The molecule has 0 saturated carbocycles. The molecule has 1 aliphatic carbocycles. The molecule has 1 aromatic heterocycles. The maximum atomic E-state index is 5.81. The molecule has 0 amide bonds. The van der Waals surface area contributed by atoms with Gasteiger partial charge in [-0.05, 0) is 38.0 Å². The van der Waals surface area contributed by atoms with Crippen molar-refractivity contribution in [1.29, 1.82) is 0 Å². The van der Waals surface area contributed by atoms with Crippen LogP contribution in [0.2, 0.25) is 0 Å². The third kappa shape index (κ3) is 2.13. The van der Waals surface area contributed by atoms with E-state index >= 15 is 0 Å². The van der Waals surface area contributed by atoms with Gasteiger partial charge in [0.05, 0.1) is 5.69 Å². The third-order valence-electron chi connectivity index (χ3n) is 4.09. The highest BCUT2D eigenvalue weighted by molar-refractivity contribution is 5.23. The van der Waals surface area contributed by atoms with Gasteiger partial charge < -0.3 is 9.72 Å². The number of nitrogens with zero attached hydrogens (tertiary/aromatic N) is 1. The number of aromatic nitrogens is 2. The number of H-pyrrole nitrogens is 1. The molecule has 3 rings (SSSR count). The van der Waals surface area contributed by atoms with Crippen molar-refractivity contribution in [3.63, 3.8) is 0 Å². The van der Waals surface area contributed by atoms with Gasteiger partial charge in [0.15, 0.2) is 0 Å². The molecular weight excluding hydrogens is 212 g/mol. The summed E-state index contributed by atoms with van der Waals surface area (Å²) in [5.74, 6) is 2.45. The molecule has 0 radical (unpaired) electrons. The van der Waals surface area contributed by atoms with Crippen LogP contribution in [0, 0.1) is 5.92 Å². The number of nitrogens with one attached hydrogen (secondary N) is 1. The van der Waals surface area contributed by atoms with E-state index in [9.17, 15) is 0 Å². The fourth-order valence-corrected chi connectivity index (χ4v) is 3.26. The summed E-state index contributed by atoms with van der Waals surface area (Å²) in [5.41, 5.74) is 2.66. The minimum absolute atomic E-state index is 0.219. The van der Waals surface area contributed by atoms with Crippen molar-refractivity contribution in [1.82, 2.24) is 9.97 Å². The van der Waals surface area contributed by atoms with Crippen LogP contribution in [0.25, 0.3) is 0 Å². The Morgan fingerprint density at radius 3 is 2.94 bits per heavy atom. The highest BCUT2D eigenvalue weighted by atomic mass is 16.5. The molecule has 1 aromatic rings. The van der Waals surface area contributed by atoms with E-state index in [0.29, 0.717) is 5.92 Å². The molecule has 0 aromatic carbocycles. The minimum atomic E-state index is 0.219. The Labute approximate surface area is 103 Å². The molecule has 2 aliphatic rings. The number of hydrogen-bond donors (Lipinski definition) is 1. The van der Waals surface area contributed by atoms with E-state index in [4.69, 9.17) is 9.72 Å². The zero-order chi connectivity index (χ0) is 11.8. The van der Waals surface area contributed by atoms with Crippen LogP contribution in [0.5, 0.6) is 0 Å². The van der Waals surface area contributed by atoms with Crippen LogP contribution in [0.4, 0.5) is 0 Å². The van der Waals surface area contributed by atoms with Crippen molar-refractivity contribution in [2.24, 2.45) is 5.92 Å². The van der Waals surface area contributed by atoms with Crippen LogP contribution in [-0.2, 0) is 11.2 Å². The third-order valence-corrected chi connectivity index (χ3v) is 4.09. The van der Waals surface area contributed by atoms with Gasteiger partial charge in [-0.1, -0.05) is 13.8 Å². The summed E-state index contributed by atoms with van der Waals surface area (Å²) >= 11 is 0. The predicted molar refractivity (Wildman–Crippen MR) is 67.0 cm³/mol. The summed E-state index contributed by atoms with van der Waals surface area (Å²) in [7, 11) is 0. The van der Waals surface area contributed by atoms with Gasteiger partial charge in [0.1, 0.15) is 11.9 Å². The van der Waals surface area contributed by atoms with E-state index in [1.807, 2.05) is 0 Å². The molecule has 1 N–H and O–H groups in total. The predicted octanol–water partition coefficient (Wildman–Crippen LogP) is 3.34. The topological polar surface area (TPSA) is 37.9 Å². The SMILES string of the molecule is CC1Cc2[nH]c(C3CCCCO3)nc2C(C)C1. The van der Waals surface area contributed by atoms with Gasteiger partial charge in [-0.2, -0.15) is 0 Å². The number of imidazole rings is 1. The first-order valence-corrected chi connectivity index (χ1v) is 6.94. The van der Waals surface area contributed by atoms with Gasteiger partial charge in [0.25, 0.3) is 0 Å². The number of ether oxygens (including phenoxy) is 1. The second-order valence-corrected chi connectivity index (χ2v) is 5.79. The number of aromatic amines is 1. The van der Waals surface area contributed by atoms with Crippen LogP contribution in [0.15, 0.2) is 0 Å². The molecule has 0 spiro atoms. The summed E-state index contributed by atoms with van der Waals surface area (Å²) in [4.78, 5) is 8.34. The first-order valence-electron chi connectivity index (χ1n) is 6.94. The van der Waals surface area contributed by atoms with E-state index in [0.717, 1.165) is 31.2 Å². The fraction of sp³-hybridized carbons (Fsp3) is 0.786. The quantitative estimate of drug-likeness (QED) is 0.809. The van der Waals surface area contributed by atoms with E-state index in [2.05, 4.69) is 18.8 Å². The summed E-state index contributed by atoms with van der Waals surface area (Å²) in [6.45, 7) is 5.51. The van der Waals surface area contributed by atoms with Crippen LogP contribution in [-0.4, -0.2) is 16.6 Å². The molecule has 3 unspecified atom stereocenters. The molecule has 1 aliphatic heterocycles. The van der Waals surface area contributed by atoms with E-state index in [1.165, 1.54) is 30.7 Å². The van der Waals surface area contributed by atoms with Crippen molar-refractivity contribution in [3.8, 4) is 0 Å². The van der Waals surface area contributed by atoms with Crippen molar-refractivity contribution >= 4 is 0 Å². The lowest BCUT2D eigenvalue weighted by molar-refractivity contribution is 0.00984. The molecule has 0 bridgehead atoms. The summed E-state index contributed by atoms with van der Waals surface area (Å²) in [6, 6.07) is 0. The van der Waals surface area contributed by atoms with E-state index in [-0.39, 0.29) is 6.10 Å². The molecule has 94 valence electrons. The van der Waals surface area contributed by atoms with E-state index < -0.39 is 0 Å². The Hall–Kier alpha value is -0.830. The van der Waals surface area contributed by atoms with Crippen LogP contribution >= 0.6 is 0 Å². The lowest BCUT2D eigenvalue weighted by Gasteiger charge is -2.22. The molecule has 1 fully saturated rings. The Morgan fingerprint density at radius 2 is 2.18 bits per heavy atom. The van der Waals surface area contributed by atoms with Gasteiger partial charge in [-0.15, -0.1) is 0 Å². The monoisotopic (exact) mass is 234 g/mol. The fourth-order valence-electron chi connectivity index (χ4n) is 3.26. The molecule has 17 heavy (non-hydrogen) atoms. The summed E-state index contributed by atoms with van der Waals surface area (Å²) < 4.78 is 5.81. The van der Waals surface area contributed by atoms with Crippen LogP contribution < -0.4 is 0 Å². The molecule has 2 heterocycles. The highest BCUT2D eigenvalue weighted by Gasteiger charge is 2.28. The smallest absolute Gasteiger partial charge is 0.135 e. The molecule has 1 saturated heterocycles. The Morgan fingerprint density at radius 1 is 1.29 bits per heavy atom. The van der Waals surface area contributed by atoms with Gasteiger partial charge in [0, 0.05) is 18.2 Å². The second-order valence-electron chi connectivity index (χ2n) is 5.79. The summed E-state index contributed by atoms with van der Waals surface area (Å²) in [6.07, 6.45) is 6.22. The highest BCUT2D eigenvalue weighted by Crippen LogP contribution is 2.35. The Bertz CT molecular complexity index is 393. The van der Waals surface area contributed by atoms with Crippen molar-refractivity contribution in [2.75, 3.05) is 6.61 Å². The van der Waals surface area contributed by atoms with Crippen molar-refractivity contribution in [2.45, 2.75) is 58.0 Å². The zero-order valence-electron chi connectivity index (χ0n) is 10.8. The maximum absolute atomic E-state index is 5.81. The first-order chi connectivity index (χ1) is 8.24. The average molecular weight is 234 g/mol. The lowest BCUT2D eigenvalue weighted by Crippen LogP contribution is -2.14. The molecule has 3 nitrogen and oxygen atoms in total. The van der Waals surface area contributed by atoms with E-state index in [1.54, 1.807) is 0 Å². The summed E-state index contributed by atoms with van der Waals surface area (Å²) in [5, 5.41) is 0. The maximum Gasteiger partial charge on any atom is 0.135 e. The average Bonchev–Trinajstić information content (AvgIpc) is 2.74. The Balaban J connectivity index is 1.85. The molecule has 3 heteroatoms. The van der Waals surface area contributed by atoms with Crippen LogP contribution in [0.1, 0.15) is 68.8 Å². The first kappa shape index (κ1) is 11.3. The second kappa shape index (κ2) is 4.45. The largest absolute Gasteiger partial charge is 0.370 e. The van der Waals surface area contributed by atoms with Gasteiger partial charge in [-0.25, -0.2) is 4.98 Å².